The molecular formula is C15H14. The first kappa shape index (κ1) is 9.72. The number of benzene rings is 1. The highest BCUT2D eigenvalue weighted by Crippen LogP contribution is 2.10. The van der Waals surface area contributed by atoms with Gasteiger partial charge in [-0.25, -0.2) is 0 Å². The third-order valence-electron chi connectivity index (χ3n) is 2.31. The third kappa shape index (κ3) is 3.10. The molecule has 0 spiro atoms. The van der Waals surface area contributed by atoms with Gasteiger partial charge in [-0.15, -0.1) is 0 Å². The van der Waals surface area contributed by atoms with Crippen molar-refractivity contribution in [1.82, 2.24) is 0 Å². The van der Waals surface area contributed by atoms with Crippen molar-refractivity contribution in [3.63, 3.8) is 0 Å². The lowest BCUT2D eigenvalue weighted by Crippen LogP contribution is -1.83. The first-order chi connectivity index (χ1) is 7.45. The second-order valence-corrected chi connectivity index (χ2v) is 3.50. The van der Waals surface area contributed by atoms with Gasteiger partial charge in [-0.05, 0) is 5.56 Å². The maximum Gasteiger partial charge on any atom is 0.0136 e. The molecular weight excluding hydrogens is 180 g/mol. The fourth-order valence-electron chi connectivity index (χ4n) is 1.49. The minimum absolute atomic E-state index is 0.403. The van der Waals surface area contributed by atoms with Gasteiger partial charge in [0.05, 0.1) is 0 Å². The normalized spacial score (nSPS) is 16.0. The van der Waals surface area contributed by atoms with Crippen LogP contribution in [-0.2, 0) is 0 Å². The lowest BCUT2D eigenvalue weighted by molar-refractivity contribution is 1.08. The van der Waals surface area contributed by atoms with Gasteiger partial charge in [-0.1, -0.05) is 78.9 Å². The molecule has 0 aromatic heterocycles. The Kier molecular flexibility index (Phi) is 3.34. The molecule has 0 N–H and O–H groups in total. The van der Waals surface area contributed by atoms with Crippen LogP contribution in [-0.4, -0.2) is 0 Å². The summed E-state index contributed by atoms with van der Waals surface area (Å²) in [6.07, 6.45) is 17.0. The van der Waals surface area contributed by atoms with Crippen LogP contribution in [0, 0.1) is 5.92 Å². The highest BCUT2D eigenvalue weighted by atomic mass is 14.0. The van der Waals surface area contributed by atoms with Gasteiger partial charge in [0.2, 0.25) is 0 Å². The molecule has 1 aromatic rings. The zero-order valence-electron chi connectivity index (χ0n) is 8.58. The summed E-state index contributed by atoms with van der Waals surface area (Å²) in [6.45, 7) is 0. The van der Waals surface area contributed by atoms with Gasteiger partial charge in [0.15, 0.2) is 0 Å². The van der Waals surface area contributed by atoms with Gasteiger partial charge in [0.1, 0.15) is 0 Å². The number of allylic oxidation sites excluding steroid dienone is 7. The molecule has 0 heterocycles. The maximum atomic E-state index is 2.20. The fourth-order valence-corrected chi connectivity index (χ4v) is 1.49. The van der Waals surface area contributed by atoms with Crippen molar-refractivity contribution < 1.29 is 0 Å². The topological polar surface area (TPSA) is 0 Å². The van der Waals surface area contributed by atoms with Crippen molar-refractivity contribution >= 4 is 6.08 Å². The number of hydrogen-bond donors (Lipinski definition) is 0. The first-order valence-electron chi connectivity index (χ1n) is 5.20. The molecule has 0 atom stereocenters. The molecule has 0 bridgehead atoms. The fraction of sp³-hybridized carbons (Fsp3) is 0.0667. The van der Waals surface area contributed by atoms with Gasteiger partial charge >= 0.3 is 0 Å². The van der Waals surface area contributed by atoms with Crippen LogP contribution in [0.2, 0.25) is 0 Å². The molecule has 0 saturated carbocycles. The molecule has 1 aliphatic rings. The molecule has 0 amide bonds. The average molecular weight is 194 g/mol. The van der Waals surface area contributed by atoms with Gasteiger partial charge in [-0.2, -0.15) is 0 Å². The van der Waals surface area contributed by atoms with Crippen molar-refractivity contribution in [1.29, 1.82) is 0 Å². The summed E-state index contributed by atoms with van der Waals surface area (Å²) >= 11 is 0. The Morgan fingerprint density at radius 3 is 2.13 bits per heavy atom. The molecule has 0 saturated heterocycles. The van der Waals surface area contributed by atoms with Crippen molar-refractivity contribution in [2.75, 3.05) is 0 Å². The molecule has 0 radical (unpaired) electrons. The average Bonchev–Trinajstić information content (AvgIpc) is 2.56. The molecule has 0 heteroatoms. The summed E-state index contributed by atoms with van der Waals surface area (Å²) < 4.78 is 0. The van der Waals surface area contributed by atoms with Crippen LogP contribution < -0.4 is 0 Å². The predicted octanol–water partition coefficient (Wildman–Crippen LogP) is 4.00. The Balaban J connectivity index is 2.06. The van der Waals surface area contributed by atoms with E-state index in [0.29, 0.717) is 5.92 Å². The van der Waals surface area contributed by atoms with E-state index in [1.165, 1.54) is 5.56 Å². The zero-order valence-corrected chi connectivity index (χ0v) is 8.58. The SMILES string of the molecule is C1=CC=CC(/C=C/c2ccccc2)C=C1. The molecule has 15 heavy (non-hydrogen) atoms. The molecule has 1 aliphatic carbocycles. The Hall–Kier alpha value is -1.82. The van der Waals surface area contributed by atoms with Crippen LogP contribution in [0.1, 0.15) is 5.56 Å². The Bertz CT molecular complexity index is 389. The van der Waals surface area contributed by atoms with Crippen molar-refractivity contribution in [3.8, 4) is 0 Å². The van der Waals surface area contributed by atoms with Crippen LogP contribution >= 0.6 is 0 Å². The third-order valence-corrected chi connectivity index (χ3v) is 2.31. The lowest BCUT2D eigenvalue weighted by Gasteiger charge is -1.98. The minimum atomic E-state index is 0.403. The molecule has 0 unspecified atom stereocenters. The van der Waals surface area contributed by atoms with E-state index < -0.39 is 0 Å². The Morgan fingerprint density at radius 1 is 0.800 bits per heavy atom. The monoisotopic (exact) mass is 194 g/mol. The highest BCUT2D eigenvalue weighted by molar-refractivity contribution is 5.50. The van der Waals surface area contributed by atoms with E-state index in [1.54, 1.807) is 0 Å². The summed E-state index contributed by atoms with van der Waals surface area (Å²) in [4.78, 5) is 0. The van der Waals surface area contributed by atoms with Gasteiger partial charge < -0.3 is 0 Å². The maximum absolute atomic E-state index is 2.20. The standard InChI is InChI=1S/C15H14/c1-2-5-9-14(8-4-1)12-13-15-10-6-3-7-11-15/h1-14H/b13-12+. The summed E-state index contributed by atoms with van der Waals surface area (Å²) in [5.74, 6) is 0.403. The molecule has 1 aromatic carbocycles. The van der Waals surface area contributed by atoms with E-state index in [9.17, 15) is 0 Å². The van der Waals surface area contributed by atoms with Gasteiger partial charge in [0.25, 0.3) is 0 Å². The van der Waals surface area contributed by atoms with Crippen LogP contribution in [0.5, 0.6) is 0 Å². The van der Waals surface area contributed by atoms with E-state index in [1.807, 2.05) is 18.2 Å². The Labute approximate surface area is 91.0 Å². The molecule has 74 valence electrons. The Morgan fingerprint density at radius 2 is 1.47 bits per heavy atom. The summed E-state index contributed by atoms with van der Waals surface area (Å²) in [6, 6.07) is 10.4. The minimum Gasteiger partial charge on any atom is -0.0738 e. The van der Waals surface area contributed by atoms with E-state index >= 15 is 0 Å². The second kappa shape index (κ2) is 5.16. The van der Waals surface area contributed by atoms with Crippen molar-refractivity contribution in [3.05, 3.63) is 78.4 Å². The predicted molar refractivity (Wildman–Crippen MR) is 66.4 cm³/mol. The van der Waals surface area contributed by atoms with E-state index in [4.69, 9.17) is 0 Å². The van der Waals surface area contributed by atoms with Gasteiger partial charge in [-0.3, -0.25) is 0 Å². The summed E-state index contributed by atoms with van der Waals surface area (Å²) in [5, 5.41) is 0. The van der Waals surface area contributed by atoms with E-state index in [2.05, 4.69) is 60.7 Å². The van der Waals surface area contributed by atoms with Crippen LogP contribution in [0.25, 0.3) is 6.08 Å². The molecule has 0 nitrogen and oxygen atoms in total. The summed E-state index contributed by atoms with van der Waals surface area (Å²) in [7, 11) is 0. The second-order valence-electron chi connectivity index (χ2n) is 3.50. The molecule has 0 fully saturated rings. The molecule has 0 aliphatic heterocycles. The smallest absolute Gasteiger partial charge is 0.0136 e. The molecule has 2 rings (SSSR count). The number of hydrogen-bond acceptors (Lipinski definition) is 0. The quantitative estimate of drug-likeness (QED) is 0.667. The van der Waals surface area contributed by atoms with Crippen LogP contribution in [0.4, 0.5) is 0 Å². The lowest BCUT2D eigenvalue weighted by atomic mass is 10.1. The van der Waals surface area contributed by atoms with Crippen molar-refractivity contribution in [2.45, 2.75) is 0 Å². The van der Waals surface area contributed by atoms with Crippen LogP contribution in [0.3, 0.4) is 0 Å². The van der Waals surface area contributed by atoms with Crippen molar-refractivity contribution in [2.24, 2.45) is 5.92 Å². The van der Waals surface area contributed by atoms with E-state index in [-0.39, 0.29) is 0 Å². The van der Waals surface area contributed by atoms with Crippen LogP contribution in [0.15, 0.2) is 72.9 Å². The zero-order chi connectivity index (χ0) is 10.3. The summed E-state index contributed by atoms with van der Waals surface area (Å²) in [5.41, 5.74) is 1.25. The largest absolute Gasteiger partial charge is 0.0738 e. The number of rotatable bonds is 2. The highest BCUT2D eigenvalue weighted by Gasteiger charge is 1.94. The van der Waals surface area contributed by atoms with E-state index in [0.717, 1.165) is 0 Å². The van der Waals surface area contributed by atoms with Gasteiger partial charge in [0, 0.05) is 5.92 Å². The first-order valence-corrected chi connectivity index (χ1v) is 5.20.